The summed E-state index contributed by atoms with van der Waals surface area (Å²) in [5.74, 6) is -1.41. The highest BCUT2D eigenvalue weighted by Gasteiger charge is 2.33. The van der Waals surface area contributed by atoms with Crippen molar-refractivity contribution in [2.45, 2.75) is 25.4 Å². The first-order valence-electron chi connectivity index (χ1n) is 7.22. The van der Waals surface area contributed by atoms with Crippen molar-refractivity contribution in [3.63, 3.8) is 0 Å². The first-order valence-corrected chi connectivity index (χ1v) is 7.22. The van der Waals surface area contributed by atoms with Crippen LogP contribution in [0.15, 0.2) is 12.1 Å². The SMILES string of the molecule is N#C[C@H]1CN(c2cc(F)c(N3CCCCC3)c(F)c2)C(=O)O1. The summed E-state index contributed by atoms with van der Waals surface area (Å²) in [7, 11) is 0. The molecule has 2 saturated heterocycles. The number of nitriles is 1. The molecular formula is C15H15F2N3O2. The number of hydrogen-bond acceptors (Lipinski definition) is 4. The van der Waals surface area contributed by atoms with E-state index in [4.69, 9.17) is 10.00 Å². The van der Waals surface area contributed by atoms with Gasteiger partial charge in [0.25, 0.3) is 0 Å². The fraction of sp³-hybridized carbons (Fsp3) is 0.467. The highest BCUT2D eigenvalue weighted by molar-refractivity contribution is 5.90. The van der Waals surface area contributed by atoms with E-state index in [-0.39, 0.29) is 17.9 Å². The number of benzene rings is 1. The van der Waals surface area contributed by atoms with Crippen LogP contribution in [-0.4, -0.2) is 31.8 Å². The van der Waals surface area contributed by atoms with E-state index in [1.807, 2.05) is 0 Å². The molecule has 1 amide bonds. The normalized spacial score (nSPS) is 21.7. The van der Waals surface area contributed by atoms with Gasteiger partial charge in [0.1, 0.15) is 11.8 Å². The van der Waals surface area contributed by atoms with Crippen LogP contribution < -0.4 is 9.80 Å². The van der Waals surface area contributed by atoms with Crippen LogP contribution >= 0.6 is 0 Å². The van der Waals surface area contributed by atoms with E-state index >= 15 is 0 Å². The Labute approximate surface area is 126 Å². The molecule has 0 bridgehead atoms. The molecule has 116 valence electrons. The van der Waals surface area contributed by atoms with E-state index in [1.54, 1.807) is 11.0 Å². The maximum Gasteiger partial charge on any atom is 0.415 e. The Balaban J connectivity index is 1.89. The van der Waals surface area contributed by atoms with Crippen LogP contribution in [0.25, 0.3) is 0 Å². The number of cyclic esters (lactones) is 1. The molecule has 2 heterocycles. The molecular weight excluding hydrogens is 292 g/mol. The number of rotatable bonds is 2. The van der Waals surface area contributed by atoms with Crippen molar-refractivity contribution < 1.29 is 18.3 Å². The molecule has 1 atom stereocenters. The second-order valence-corrected chi connectivity index (χ2v) is 5.42. The maximum absolute atomic E-state index is 14.3. The molecule has 0 N–H and O–H groups in total. The first kappa shape index (κ1) is 14.6. The standard InChI is InChI=1S/C15H15F2N3O2/c16-12-6-10(20-9-11(8-18)22-15(20)21)7-13(17)14(12)19-4-2-1-3-5-19/h6-7,11H,1-5,9H2/t11-/m0/s1. The Morgan fingerprint density at radius 3 is 2.36 bits per heavy atom. The summed E-state index contributed by atoms with van der Waals surface area (Å²) in [5.41, 5.74) is 0.0198. The molecule has 1 aromatic rings. The molecule has 2 aliphatic heterocycles. The number of nitrogens with zero attached hydrogens (tertiary/aromatic N) is 3. The summed E-state index contributed by atoms with van der Waals surface area (Å²) in [4.78, 5) is 14.4. The van der Waals surface area contributed by atoms with Crippen LogP contribution in [0.2, 0.25) is 0 Å². The number of ether oxygens (including phenoxy) is 1. The van der Waals surface area contributed by atoms with E-state index in [0.717, 1.165) is 36.3 Å². The highest BCUT2D eigenvalue weighted by atomic mass is 19.1. The molecule has 7 heteroatoms. The maximum atomic E-state index is 14.3. The van der Waals surface area contributed by atoms with Gasteiger partial charge in [-0.15, -0.1) is 0 Å². The van der Waals surface area contributed by atoms with Crippen molar-refractivity contribution in [2.24, 2.45) is 0 Å². The number of carbonyl (C=O) groups excluding carboxylic acids is 1. The molecule has 2 aliphatic rings. The third kappa shape index (κ3) is 2.56. The Morgan fingerprint density at radius 1 is 1.18 bits per heavy atom. The molecule has 0 saturated carbocycles. The van der Waals surface area contributed by atoms with E-state index < -0.39 is 23.8 Å². The average molecular weight is 307 g/mol. The number of amides is 1. The van der Waals surface area contributed by atoms with E-state index in [9.17, 15) is 13.6 Å². The Kier molecular flexibility index (Phi) is 3.84. The summed E-state index contributed by atoms with van der Waals surface area (Å²) in [5, 5.41) is 8.76. The fourth-order valence-electron chi connectivity index (χ4n) is 2.87. The van der Waals surface area contributed by atoms with Crippen LogP contribution in [-0.2, 0) is 4.74 Å². The molecule has 0 unspecified atom stereocenters. The van der Waals surface area contributed by atoms with E-state index in [1.165, 1.54) is 0 Å². The lowest BCUT2D eigenvalue weighted by molar-refractivity contribution is 0.162. The zero-order valence-electron chi connectivity index (χ0n) is 11.9. The van der Waals surface area contributed by atoms with Crippen LogP contribution in [0, 0.1) is 23.0 Å². The highest BCUT2D eigenvalue weighted by Crippen LogP contribution is 2.32. The summed E-state index contributed by atoms with van der Waals surface area (Å²) in [6.07, 6.45) is 1.19. The predicted octanol–water partition coefficient (Wildman–Crippen LogP) is 2.80. The summed E-state index contributed by atoms with van der Waals surface area (Å²) in [6.45, 7) is 1.21. The molecule has 2 fully saturated rings. The molecule has 3 rings (SSSR count). The Bertz CT molecular complexity index is 615. The largest absolute Gasteiger partial charge is 0.428 e. The molecule has 1 aromatic carbocycles. The van der Waals surface area contributed by atoms with Crippen LogP contribution in [0.3, 0.4) is 0 Å². The second kappa shape index (κ2) is 5.79. The molecule has 0 aliphatic carbocycles. The first-order chi connectivity index (χ1) is 10.6. The Hall–Kier alpha value is -2.36. The molecule has 22 heavy (non-hydrogen) atoms. The van der Waals surface area contributed by atoms with Gasteiger partial charge in [0.2, 0.25) is 6.10 Å². The smallest absolute Gasteiger partial charge is 0.415 e. The third-order valence-corrected chi connectivity index (χ3v) is 3.94. The van der Waals surface area contributed by atoms with Gasteiger partial charge in [-0.1, -0.05) is 0 Å². The van der Waals surface area contributed by atoms with Crippen LogP contribution in [0.4, 0.5) is 25.0 Å². The summed E-state index contributed by atoms with van der Waals surface area (Å²) in [6, 6.07) is 4.04. The molecule has 0 aromatic heterocycles. The van der Waals surface area contributed by atoms with Gasteiger partial charge in [-0.25, -0.2) is 13.6 Å². The fourth-order valence-corrected chi connectivity index (χ4v) is 2.87. The number of anilines is 2. The third-order valence-electron chi connectivity index (χ3n) is 3.94. The number of piperidine rings is 1. The quantitative estimate of drug-likeness (QED) is 0.843. The van der Waals surface area contributed by atoms with E-state index in [0.29, 0.717) is 13.1 Å². The number of carbonyl (C=O) groups is 1. The lowest BCUT2D eigenvalue weighted by Gasteiger charge is -2.29. The lowest BCUT2D eigenvalue weighted by atomic mass is 10.1. The van der Waals surface area contributed by atoms with Gasteiger partial charge in [-0.3, -0.25) is 4.90 Å². The molecule has 5 nitrogen and oxygen atoms in total. The van der Waals surface area contributed by atoms with Gasteiger partial charge in [-0.05, 0) is 19.3 Å². The molecule has 0 spiro atoms. The van der Waals surface area contributed by atoms with E-state index in [2.05, 4.69) is 0 Å². The lowest BCUT2D eigenvalue weighted by Crippen LogP contribution is -2.31. The van der Waals surface area contributed by atoms with Crippen molar-refractivity contribution in [1.29, 1.82) is 5.26 Å². The van der Waals surface area contributed by atoms with Gasteiger partial charge in [0, 0.05) is 25.2 Å². The monoisotopic (exact) mass is 307 g/mol. The molecule has 0 radical (unpaired) electrons. The topological polar surface area (TPSA) is 56.6 Å². The van der Waals surface area contributed by atoms with Gasteiger partial charge in [0.05, 0.1) is 12.2 Å². The Morgan fingerprint density at radius 2 is 1.82 bits per heavy atom. The van der Waals surface area contributed by atoms with Crippen molar-refractivity contribution in [3.05, 3.63) is 23.8 Å². The number of halogens is 2. The minimum absolute atomic E-state index is 0.0305. The van der Waals surface area contributed by atoms with Crippen LogP contribution in [0.5, 0.6) is 0 Å². The van der Waals surface area contributed by atoms with Gasteiger partial charge < -0.3 is 9.64 Å². The minimum Gasteiger partial charge on any atom is -0.428 e. The number of hydrogen-bond donors (Lipinski definition) is 0. The second-order valence-electron chi connectivity index (χ2n) is 5.42. The summed E-state index contributed by atoms with van der Waals surface area (Å²) >= 11 is 0. The average Bonchev–Trinajstić information content (AvgIpc) is 2.89. The van der Waals surface area contributed by atoms with Gasteiger partial charge in [0.15, 0.2) is 11.6 Å². The van der Waals surface area contributed by atoms with Crippen molar-refractivity contribution in [2.75, 3.05) is 29.4 Å². The minimum atomic E-state index is -0.916. The van der Waals surface area contributed by atoms with Crippen molar-refractivity contribution in [3.8, 4) is 6.07 Å². The zero-order valence-corrected chi connectivity index (χ0v) is 11.9. The van der Waals surface area contributed by atoms with Crippen molar-refractivity contribution in [1.82, 2.24) is 0 Å². The van der Waals surface area contributed by atoms with Crippen LogP contribution in [0.1, 0.15) is 19.3 Å². The predicted molar refractivity (Wildman–Crippen MR) is 75.7 cm³/mol. The zero-order chi connectivity index (χ0) is 15.7. The van der Waals surface area contributed by atoms with Crippen molar-refractivity contribution >= 4 is 17.5 Å². The van der Waals surface area contributed by atoms with Gasteiger partial charge in [-0.2, -0.15) is 5.26 Å². The van der Waals surface area contributed by atoms with Gasteiger partial charge >= 0.3 is 6.09 Å². The summed E-state index contributed by atoms with van der Waals surface area (Å²) < 4.78 is 33.4.